The molecule has 33 heavy (non-hydrogen) atoms. The SMILES string of the molecule is O=C(OCCC(F)(F)CC(F)(F)C(F)(F)C(F)(F)CC(F)(F)C(F)(F)F)C1=CC2C=CC1C2. The third kappa shape index (κ3) is 5.58. The van der Waals surface area contributed by atoms with Crippen LogP contribution in [0.25, 0.3) is 0 Å². The molecule has 0 spiro atoms. The molecule has 2 nitrogen and oxygen atoms in total. The zero-order valence-electron chi connectivity index (χ0n) is 16.2. The summed E-state index contributed by atoms with van der Waals surface area (Å²) in [5.41, 5.74) is 0.105. The second-order valence-corrected chi connectivity index (χ2v) is 7.79. The summed E-state index contributed by atoms with van der Waals surface area (Å²) in [5.74, 6) is -33.0. The van der Waals surface area contributed by atoms with E-state index in [0.717, 1.165) is 0 Å². The molecule has 0 heterocycles. The van der Waals surface area contributed by atoms with Crippen molar-refractivity contribution >= 4 is 5.97 Å². The summed E-state index contributed by atoms with van der Waals surface area (Å²) < 4.78 is 174. The largest absolute Gasteiger partial charge is 0.462 e. The Bertz CT molecular complexity index is 811. The molecule has 2 aliphatic carbocycles. The van der Waals surface area contributed by atoms with Crippen LogP contribution < -0.4 is 0 Å². The van der Waals surface area contributed by atoms with Gasteiger partial charge in [0.1, 0.15) is 0 Å². The van der Waals surface area contributed by atoms with Gasteiger partial charge in [0.15, 0.2) is 0 Å². The monoisotopic (exact) mass is 510 g/mol. The van der Waals surface area contributed by atoms with Crippen molar-refractivity contribution in [2.45, 2.75) is 61.5 Å². The van der Waals surface area contributed by atoms with Gasteiger partial charge in [-0.05, 0) is 12.3 Å². The highest BCUT2D eigenvalue weighted by Gasteiger charge is 2.76. The lowest BCUT2D eigenvalue weighted by molar-refractivity contribution is -0.357. The van der Waals surface area contributed by atoms with Crippen molar-refractivity contribution in [2.75, 3.05) is 6.61 Å². The van der Waals surface area contributed by atoms with Gasteiger partial charge in [-0.3, -0.25) is 0 Å². The molecular weight excluding hydrogens is 495 g/mol. The number of hydrogen-bond donors (Lipinski definition) is 0. The van der Waals surface area contributed by atoms with Gasteiger partial charge in [0, 0.05) is 17.9 Å². The second-order valence-electron chi connectivity index (χ2n) is 7.79. The Morgan fingerprint density at radius 1 is 0.818 bits per heavy atom. The minimum atomic E-state index is -6.99. The van der Waals surface area contributed by atoms with Crippen LogP contribution in [0.1, 0.15) is 25.7 Å². The van der Waals surface area contributed by atoms with Gasteiger partial charge in [-0.1, -0.05) is 18.2 Å². The molecule has 2 aliphatic rings. The van der Waals surface area contributed by atoms with Crippen LogP contribution in [0.4, 0.5) is 57.1 Å². The van der Waals surface area contributed by atoms with Crippen molar-refractivity contribution in [3.63, 3.8) is 0 Å². The molecule has 0 radical (unpaired) electrons. The predicted octanol–water partition coefficient (Wildman–Crippen LogP) is 6.57. The van der Waals surface area contributed by atoms with Crippen LogP contribution in [0.15, 0.2) is 23.8 Å². The molecule has 0 amide bonds. The molecule has 0 aromatic rings. The molecule has 15 heteroatoms. The van der Waals surface area contributed by atoms with E-state index >= 15 is 0 Å². The Morgan fingerprint density at radius 3 is 1.82 bits per heavy atom. The fourth-order valence-electron chi connectivity index (χ4n) is 3.31. The average molecular weight is 510 g/mol. The maximum Gasteiger partial charge on any atom is 0.453 e. The van der Waals surface area contributed by atoms with Crippen molar-refractivity contribution in [2.24, 2.45) is 11.8 Å². The van der Waals surface area contributed by atoms with Gasteiger partial charge < -0.3 is 4.74 Å². The summed E-state index contributed by atoms with van der Waals surface area (Å²) in [4.78, 5) is 11.8. The molecule has 0 aromatic carbocycles. The number of rotatable bonds is 10. The number of hydrogen-bond acceptors (Lipinski definition) is 2. The highest BCUT2D eigenvalue weighted by atomic mass is 19.4. The van der Waals surface area contributed by atoms with Crippen molar-refractivity contribution in [1.29, 1.82) is 0 Å². The van der Waals surface area contributed by atoms with Crippen molar-refractivity contribution < 1.29 is 66.6 Å². The Kier molecular flexibility index (Phi) is 6.91. The fourth-order valence-corrected chi connectivity index (χ4v) is 3.31. The quantitative estimate of drug-likeness (QED) is 0.189. The van der Waals surface area contributed by atoms with Gasteiger partial charge in [0.25, 0.3) is 5.92 Å². The predicted molar refractivity (Wildman–Crippen MR) is 84.4 cm³/mol. The highest BCUT2D eigenvalue weighted by molar-refractivity contribution is 5.90. The lowest BCUT2D eigenvalue weighted by Gasteiger charge is -2.36. The summed E-state index contributed by atoms with van der Waals surface area (Å²) in [7, 11) is 0. The van der Waals surface area contributed by atoms with E-state index in [4.69, 9.17) is 0 Å². The first kappa shape index (κ1) is 27.3. The Hall–Kier alpha value is -1.96. The summed E-state index contributed by atoms with van der Waals surface area (Å²) in [6.07, 6.45) is -10.6. The number of ether oxygens (including phenoxy) is 1. The van der Waals surface area contributed by atoms with Crippen LogP contribution in [0, 0.1) is 11.8 Å². The van der Waals surface area contributed by atoms with E-state index in [9.17, 15) is 61.9 Å². The summed E-state index contributed by atoms with van der Waals surface area (Å²) in [6.45, 7) is -1.28. The smallest absolute Gasteiger partial charge is 0.453 e. The standard InChI is InChI=1S/C18H15F13O2/c19-13(20,3-4-33-12(32)11-6-9-1-2-10(11)5-9)7-14(21,22)17(27,28)15(23,24)8-16(25,26)18(29,30)31/h1-2,6,9-10H,3-5,7-8H2. The minimum Gasteiger partial charge on any atom is -0.462 e. The molecule has 0 saturated carbocycles. The molecule has 0 aliphatic heterocycles. The zero-order chi connectivity index (χ0) is 25.7. The van der Waals surface area contributed by atoms with Crippen LogP contribution in [0.2, 0.25) is 0 Å². The van der Waals surface area contributed by atoms with Crippen molar-refractivity contribution in [3.8, 4) is 0 Å². The van der Waals surface area contributed by atoms with E-state index in [2.05, 4.69) is 4.74 Å². The molecule has 2 unspecified atom stereocenters. The van der Waals surface area contributed by atoms with Crippen LogP contribution in [0.3, 0.4) is 0 Å². The first-order valence-corrected chi connectivity index (χ1v) is 9.15. The first-order valence-electron chi connectivity index (χ1n) is 9.15. The summed E-state index contributed by atoms with van der Waals surface area (Å²) in [6, 6.07) is 0. The van der Waals surface area contributed by atoms with Crippen LogP contribution in [-0.2, 0) is 9.53 Å². The summed E-state index contributed by atoms with van der Waals surface area (Å²) in [5, 5.41) is 0. The normalized spacial score (nSPS) is 22.0. The number of alkyl halides is 13. The molecule has 0 aromatic heterocycles. The topological polar surface area (TPSA) is 26.3 Å². The van der Waals surface area contributed by atoms with Crippen LogP contribution >= 0.6 is 0 Å². The molecule has 0 saturated heterocycles. The Balaban J connectivity index is 2.00. The van der Waals surface area contributed by atoms with Crippen molar-refractivity contribution in [3.05, 3.63) is 23.8 Å². The number of allylic oxidation sites excluding steroid dienone is 3. The van der Waals surface area contributed by atoms with E-state index in [1.54, 1.807) is 12.2 Å². The molecule has 0 N–H and O–H groups in total. The van der Waals surface area contributed by atoms with Gasteiger partial charge >= 0.3 is 35.8 Å². The fraction of sp³-hybridized carbons (Fsp3) is 0.722. The van der Waals surface area contributed by atoms with E-state index in [1.807, 2.05) is 0 Å². The average Bonchev–Trinajstić information content (AvgIpc) is 3.21. The lowest BCUT2D eigenvalue weighted by Crippen LogP contribution is -2.58. The molecule has 190 valence electrons. The third-order valence-corrected chi connectivity index (χ3v) is 5.10. The Labute approximate surface area is 177 Å². The molecule has 0 fully saturated rings. The number of fused-ring (bicyclic) bond motifs is 2. The van der Waals surface area contributed by atoms with Gasteiger partial charge in [0.2, 0.25) is 0 Å². The van der Waals surface area contributed by atoms with E-state index < -0.39 is 67.6 Å². The molecule has 2 bridgehead atoms. The van der Waals surface area contributed by atoms with E-state index in [-0.39, 0.29) is 17.4 Å². The number of esters is 1. The van der Waals surface area contributed by atoms with Gasteiger partial charge in [0.05, 0.1) is 19.4 Å². The molecule has 2 atom stereocenters. The second kappa shape index (κ2) is 8.36. The number of halogens is 13. The zero-order valence-corrected chi connectivity index (χ0v) is 16.2. The van der Waals surface area contributed by atoms with Gasteiger partial charge in [-0.2, -0.15) is 48.3 Å². The van der Waals surface area contributed by atoms with E-state index in [0.29, 0.717) is 6.42 Å². The number of carbonyl (C=O) groups excluding carboxylic acids is 1. The maximum absolute atomic E-state index is 13.7. The maximum atomic E-state index is 13.7. The van der Waals surface area contributed by atoms with E-state index in [1.165, 1.54) is 6.08 Å². The molecule has 2 rings (SSSR count). The van der Waals surface area contributed by atoms with Gasteiger partial charge in [-0.15, -0.1) is 0 Å². The van der Waals surface area contributed by atoms with Crippen LogP contribution in [-0.4, -0.2) is 48.4 Å². The van der Waals surface area contributed by atoms with Crippen molar-refractivity contribution in [1.82, 2.24) is 0 Å². The first-order chi connectivity index (χ1) is 14.6. The number of carbonyl (C=O) groups is 1. The third-order valence-electron chi connectivity index (χ3n) is 5.10. The molecular formula is C18H15F13O2. The highest BCUT2D eigenvalue weighted by Crippen LogP contribution is 2.55. The Morgan fingerprint density at radius 2 is 1.36 bits per heavy atom. The minimum absolute atomic E-state index is 0.0775. The summed E-state index contributed by atoms with van der Waals surface area (Å²) >= 11 is 0. The van der Waals surface area contributed by atoms with Gasteiger partial charge in [-0.25, -0.2) is 13.6 Å². The lowest BCUT2D eigenvalue weighted by atomic mass is 9.93. The van der Waals surface area contributed by atoms with Crippen LogP contribution in [0.5, 0.6) is 0 Å².